The van der Waals surface area contributed by atoms with Gasteiger partial charge in [0.05, 0.1) is 11.8 Å². The number of amides is 3. The smallest absolute Gasteiger partial charge is 0.329 e. The topological polar surface area (TPSA) is 92.8 Å². The molecule has 1 saturated heterocycles. The van der Waals surface area contributed by atoms with Crippen LogP contribution < -0.4 is 5.32 Å². The van der Waals surface area contributed by atoms with E-state index in [9.17, 15) is 19.2 Å². The van der Waals surface area contributed by atoms with E-state index < -0.39 is 36.4 Å². The van der Waals surface area contributed by atoms with Crippen LogP contribution >= 0.6 is 11.6 Å². The van der Waals surface area contributed by atoms with Crippen molar-refractivity contribution in [1.29, 1.82) is 0 Å². The zero-order valence-corrected chi connectivity index (χ0v) is 22.8. The van der Waals surface area contributed by atoms with Gasteiger partial charge in [-0.2, -0.15) is 0 Å². The van der Waals surface area contributed by atoms with Gasteiger partial charge >= 0.3 is 5.97 Å². The van der Waals surface area contributed by atoms with Gasteiger partial charge in [-0.15, -0.1) is 0 Å². The maximum Gasteiger partial charge on any atom is 0.329 e. The van der Waals surface area contributed by atoms with Gasteiger partial charge in [0.2, 0.25) is 11.8 Å². The van der Waals surface area contributed by atoms with E-state index in [2.05, 4.69) is 5.32 Å². The maximum absolute atomic E-state index is 14.1. The number of imide groups is 1. The highest BCUT2D eigenvalue weighted by Crippen LogP contribution is 2.61. The fourth-order valence-corrected chi connectivity index (χ4v) is 6.94. The zero-order chi connectivity index (χ0) is 28.0. The van der Waals surface area contributed by atoms with Crippen molar-refractivity contribution >= 4 is 41.0 Å². The molecule has 1 aliphatic heterocycles. The summed E-state index contributed by atoms with van der Waals surface area (Å²) in [5.74, 6) is -3.63. The summed E-state index contributed by atoms with van der Waals surface area (Å²) in [6, 6.07) is 21.6. The third-order valence-electron chi connectivity index (χ3n) is 8.35. The molecule has 1 N–H and O–H groups in total. The second-order valence-corrected chi connectivity index (χ2v) is 11.1. The predicted octanol–water partition coefficient (Wildman–Crippen LogP) is 5.27. The van der Waals surface area contributed by atoms with E-state index in [1.807, 2.05) is 55.5 Å². The average molecular weight is 557 g/mol. The molecule has 7 rings (SSSR count). The largest absolute Gasteiger partial charge is 0.454 e. The highest BCUT2D eigenvalue weighted by molar-refractivity contribution is 6.30. The van der Waals surface area contributed by atoms with Crippen molar-refractivity contribution < 1.29 is 23.9 Å². The van der Waals surface area contributed by atoms with Crippen molar-refractivity contribution in [2.24, 2.45) is 11.8 Å². The minimum atomic E-state index is -1.09. The standard InChI is InChI=1S/C32H29ClN2O5/c1-2-3-15-24(32(39)40-17-25(36)34-19-10-8-9-18(33)16-19)35-30(37)28-26-20-11-4-5-12-21(20)27(29(28)31(35)38)23-14-7-6-13-22(23)26/h4-14,16,24,26-29H,2-3,15,17H2,1H3,(H,34,36)/t24-,26?,27?,28-,29+/m0/s1. The first kappa shape index (κ1) is 26.3. The number of nitrogens with one attached hydrogen (secondary N) is 1. The van der Waals surface area contributed by atoms with Crippen LogP contribution in [0.15, 0.2) is 72.8 Å². The molecule has 0 spiro atoms. The number of hydrogen-bond donors (Lipinski definition) is 1. The third kappa shape index (κ3) is 4.29. The molecular formula is C32H29ClN2O5. The summed E-state index contributed by atoms with van der Waals surface area (Å²) in [6.07, 6.45) is 1.66. The lowest BCUT2D eigenvalue weighted by atomic mass is 9.55. The Balaban J connectivity index is 1.26. The molecule has 8 heteroatoms. The van der Waals surface area contributed by atoms with E-state index in [-0.39, 0.29) is 30.1 Å². The number of nitrogens with zero attached hydrogens (tertiary/aromatic N) is 1. The molecular weight excluding hydrogens is 528 g/mol. The highest BCUT2D eigenvalue weighted by atomic mass is 35.5. The fourth-order valence-electron chi connectivity index (χ4n) is 6.75. The minimum Gasteiger partial charge on any atom is -0.454 e. The summed E-state index contributed by atoms with van der Waals surface area (Å²) >= 11 is 5.98. The first-order valence-electron chi connectivity index (χ1n) is 13.7. The molecule has 3 aromatic rings. The summed E-state index contributed by atoms with van der Waals surface area (Å²) in [6.45, 7) is 1.43. The Kier molecular flexibility index (Phi) is 6.92. The Hall–Kier alpha value is -3.97. The Labute approximate surface area is 237 Å². The fraction of sp³-hybridized carbons (Fsp3) is 0.312. The lowest BCUT2D eigenvalue weighted by Crippen LogP contribution is -2.47. The van der Waals surface area contributed by atoms with Gasteiger partial charge in [-0.1, -0.05) is 86.0 Å². The number of hydrogen-bond acceptors (Lipinski definition) is 5. The third-order valence-corrected chi connectivity index (χ3v) is 8.59. The van der Waals surface area contributed by atoms with E-state index >= 15 is 0 Å². The van der Waals surface area contributed by atoms with Crippen LogP contribution in [-0.2, 0) is 23.9 Å². The number of benzene rings is 3. The van der Waals surface area contributed by atoms with E-state index in [1.54, 1.807) is 24.3 Å². The summed E-state index contributed by atoms with van der Waals surface area (Å²) < 4.78 is 5.39. The Morgan fingerprint density at radius 3 is 1.93 bits per heavy atom. The van der Waals surface area contributed by atoms with Crippen molar-refractivity contribution in [2.75, 3.05) is 11.9 Å². The number of esters is 1. The molecule has 4 aliphatic rings. The first-order valence-corrected chi connectivity index (χ1v) is 14.0. The maximum atomic E-state index is 14.1. The number of halogens is 1. The Morgan fingerprint density at radius 1 is 0.875 bits per heavy atom. The van der Waals surface area contributed by atoms with Gasteiger partial charge in [0.1, 0.15) is 6.04 Å². The van der Waals surface area contributed by atoms with Crippen molar-refractivity contribution in [1.82, 2.24) is 4.90 Å². The zero-order valence-electron chi connectivity index (χ0n) is 22.0. The number of rotatable bonds is 8. The van der Waals surface area contributed by atoms with Crippen LogP contribution in [0.25, 0.3) is 0 Å². The minimum absolute atomic E-state index is 0.254. The number of unbranched alkanes of at least 4 members (excludes halogenated alkanes) is 1. The van der Waals surface area contributed by atoms with Crippen LogP contribution in [0, 0.1) is 11.8 Å². The molecule has 3 amide bonds. The second kappa shape index (κ2) is 10.5. The lowest BCUT2D eigenvalue weighted by molar-refractivity contribution is -0.160. The molecule has 0 radical (unpaired) electrons. The van der Waals surface area contributed by atoms with Gasteiger partial charge in [-0.25, -0.2) is 4.79 Å². The normalized spacial score (nSPS) is 22.8. The van der Waals surface area contributed by atoms with E-state index in [1.165, 1.54) is 0 Å². The Bertz CT molecular complexity index is 1400. The van der Waals surface area contributed by atoms with Crippen LogP contribution in [0.4, 0.5) is 5.69 Å². The number of anilines is 1. The summed E-state index contributed by atoms with van der Waals surface area (Å²) in [5.41, 5.74) is 4.75. The van der Waals surface area contributed by atoms with Crippen LogP contribution in [0.2, 0.25) is 5.02 Å². The molecule has 0 unspecified atom stereocenters. The predicted molar refractivity (Wildman–Crippen MR) is 150 cm³/mol. The summed E-state index contributed by atoms with van der Waals surface area (Å²) in [7, 11) is 0. The molecule has 40 heavy (non-hydrogen) atoms. The van der Waals surface area contributed by atoms with E-state index in [4.69, 9.17) is 16.3 Å². The van der Waals surface area contributed by atoms with E-state index in [0.29, 0.717) is 17.1 Å². The van der Waals surface area contributed by atoms with Crippen molar-refractivity contribution in [3.63, 3.8) is 0 Å². The second-order valence-electron chi connectivity index (χ2n) is 10.6. The number of likely N-dealkylation sites (tertiary alicyclic amines) is 1. The van der Waals surface area contributed by atoms with Gasteiger partial charge in [0.25, 0.3) is 5.91 Å². The van der Waals surface area contributed by atoms with Gasteiger partial charge < -0.3 is 10.1 Å². The first-order chi connectivity index (χ1) is 19.4. The number of carbonyl (C=O) groups is 4. The SMILES string of the molecule is CCCC[C@@H](C(=O)OCC(=O)Nc1cccc(Cl)c1)N1C(=O)[C@@H]2C3c4ccccc4C(c4ccccc43)[C@@H]2C1=O. The molecule has 3 aliphatic carbocycles. The molecule has 0 aromatic heterocycles. The number of ether oxygens (including phenoxy) is 1. The van der Waals surface area contributed by atoms with E-state index in [0.717, 1.165) is 33.6 Å². The highest BCUT2D eigenvalue weighted by Gasteiger charge is 2.63. The average Bonchev–Trinajstić information content (AvgIpc) is 3.22. The van der Waals surface area contributed by atoms with Gasteiger partial charge in [-0.3, -0.25) is 19.3 Å². The molecule has 3 atom stereocenters. The van der Waals surface area contributed by atoms with Crippen LogP contribution in [-0.4, -0.2) is 41.2 Å². The van der Waals surface area contributed by atoms with Gasteiger partial charge in [-0.05, 0) is 46.9 Å². The lowest BCUT2D eigenvalue weighted by Gasteiger charge is -2.45. The van der Waals surface area contributed by atoms with Crippen LogP contribution in [0.1, 0.15) is 60.3 Å². The van der Waals surface area contributed by atoms with Gasteiger partial charge in [0, 0.05) is 22.5 Å². The van der Waals surface area contributed by atoms with Crippen molar-refractivity contribution in [2.45, 2.75) is 44.1 Å². The molecule has 2 bridgehead atoms. The summed E-state index contributed by atoms with van der Waals surface area (Å²) in [4.78, 5) is 55.2. The van der Waals surface area contributed by atoms with Crippen molar-refractivity contribution in [3.8, 4) is 0 Å². The molecule has 0 saturated carbocycles. The van der Waals surface area contributed by atoms with Crippen LogP contribution in [0.3, 0.4) is 0 Å². The molecule has 1 heterocycles. The van der Waals surface area contributed by atoms with Crippen molar-refractivity contribution in [3.05, 3.63) is 100 Å². The molecule has 7 nitrogen and oxygen atoms in total. The van der Waals surface area contributed by atoms with Gasteiger partial charge in [0.15, 0.2) is 6.61 Å². The Morgan fingerprint density at radius 2 is 1.43 bits per heavy atom. The summed E-state index contributed by atoms with van der Waals surface area (Å²) in [5, 5.41) is 3.10. The van der Waals surface area contributed by atoms with Crippen LogP contribution in [0.5, 0.6) is 0 Å². The molecule has 3 aromatic carbocycles. The molecule has 1 fully saturated rings. The quantitative estimate of drug-likeness (QED) is 0.301. The monoisotopic (exact) mass is 556 g/mol. The molecule has 204 valence electrons. The number of carbonyl (C=O) groups excluding carboxylic acids is 4.